The van der Waals surface area contributed by atoms with Gasteiger partial charge in [0.15, 0.2) is 0 Å². The summed E-state index contributed by atoms with van der Waals surface area (Å²) in [4.78, 5) is 0. The third-order valence-electron chi connectivity index (χ3n) is 14.2. The number of fused-ring (bicyclic) bond motifs is 9. The van der Waals surface area contributed by atoms with Crippen LogP contribution < -0.4 is 5.32 Å². The summed E-state index contributed by atoms with van der Waals surface area (Å²) >= 11 is 0. The van der Waals surface area contributed by atoms with E-state index in [0.717, 1.165) is 18.5 Å². The second kappa shape index (κ2) is 14.0. The van der Waals surface area contributed by atoms with Gasteiger partial charge in [-0.15, -0.1) is 0 Å². The molecule has 0 saturated carbocycles. The van der Waals surface area contributed by atoms with Crippen LogP contribution in [-0.2, 0) is 0 Å². The van der Waals surface area contributed by atoms with Gasteiger partial charge in [0.25, 0.3) is 0 Å². The molecule has 5 nitrogen and oxygen atoms in total. The molecule has 0 bridgehead atoms. The van der Waals surface area contributed by atoms with E-state index in [2.05, 4.69) is 237 Å². The zero-order valence-corrected chi connectivity index (χ0v) is 35.1. The number of hydrogen-bond acceptors (Lipinski definition) is 3. The lowest BCUT2D eigenvalue weighted by Crippen LogP contribution is -2.31. The molecule has 0 amide bonds. The van der Waals surface area contributed by atoms with Crippen molar-refractivity contribution in [1.29, 1.82) is 0 Å². The van der Waals surface area contributed by atoms with Gasteiger partial charge < -0.3 is 9.13 Å². The van der Waals surface area contributed by atoms with E-state index < -0.39 is 0 Å². The molecule has 0 spiro atoms. The number of hydrazine groups is 1. The van der Waals surface area contributed by atoms with Crippen LogP contribution in [0.1, 0.15) is 36.3 Å². The normalized spacial score (nSPS) is 20.5. The van der Waals surface area contributed by atoms with Crippen molar-refractivity contribution in [2.45, 2.75) is 31.3 Å². The summed E-state index contributed by atoms with van der Waals surface area (Å²) in [5.41, 5.74) is 13.7. The third kappa shape index (κ3) is 5.36. The first kappa shape index (κ1) is 36.0. The van der Waals surface area contributed by atoms with E-state index in [0.29, 0.717) is 0 Å². The maximum atomic E-state index is 4.20. The Balaban J connectivity index is 0.994. The first-order valence-corrected chi connectivity index (χ1v) is 22.6. The lowest BCUT2D eigenvalue weighted by atomic mass is 9.98. The van der Waals surface area contributed by atoms with Gasteiger partial charge in [-0.3, -0.25) is 5.32 Å². The van der Waals surface area contributed by atoms with Gasteiger partial charge in [0.2, 0.25) is 0 Å². The summed E-state index contributed by atoms with van der Waals surface area (Å²) in [5.74, 6) is 0. The smallest absolute Gasteiger partial charge is 0.116 e. The van der Waals surface area contributed by atoms with Gasteiger partial charge in [-0.2, -0.15) is 10.0 Å². The van der Waals surface area contributed by atoms with E-state index in [9.17, 15) is 0 Å². The van der Waals surface area contributed by atoms with Gasteiger partial charge >= 0.3 is 0 Å². The van der Waals surface area contributed by atoms with Crippen molar-refractivity contribution in [3.8, 4) is 22.5 Å². The molecule has 0 radical (unpaired) electrons. The van der Waals surface area contributed by atoms with E-state index in [-0.39, 0.29) is 18.5 Å². The van der Waals surface area contributed by atoms with Crippen molar-refractivity contribution >= 4 is 65.2 Å². The van der Waals surface area contributed by atoms with E-state index >= 15 is 0 Å². The number of aromatic nitrogens is 2. The van der Waals surface area contributed by atoms with Gasteiger partial charge in [-0.05, 0) is 93.7 Å². The number of rotatable bonds is 6. The molecule has 1 N–H and O–H groups in total. The Bertz CT molecular complexity index is 3690. The number of para-hydroxylation sites is 2. The monoisotopic (exact) mass is 821 g/mol. The van der Waals surface area contributed by atoms with Crippen LogP contribution in [0.3, 0.4) is 0 Å². The standard InChI is InChI=1S/C59H43N5/c1-3-15-38(16-4-1)39-27-29-41(30-28-39)57-60-58(64-59(63(57)64)42-18-5-2-6-19-42)49-33-31-40-17-9-10-22-46(40)56(49)62-54-34-32-45(37-51(54)50-35-43-20-7-8-21-44(43)36-55(50)62)61-52-25-13-11-23-47(52)48-24-12-14-26-53(48)61/h1-5,7-18,20-37,57-60H,6,19H2. The quantitative estimate of drug-likeness (QED) is 0.169. The van der Waals surface area contributed by atoms with Crippen molar-refractivity contribution in [2.75, 3.05) is 0 Å². The fourth-order valence-electron chi connectivity index (χ4n) is 11.2. The van der Waals surface area contributed by atoms with Crippen molar-refractivity contribution in [2.24, 2.45) is 0 Å². The molecule has 14 rings (SSSR count). The molecular formula is C59H43N5. The average Bonchev–Trinajstić information content (AvgIpc) is 3.65. The Morgan fingerprint density at radius 2 is 1.06 bits per heavy atom. The Morgan fingerprint density at radius 3 is 1.81 bits per heavy atom. The van der Waals surface area contributed by atoms with Crippen LogP contribution in [0, 0.1) is 0 Å². The molecule has 4 heterocycles. The molecule has 2 aromatic heterocycles. The SMILES string of the molecule is C1=CCCC(C2N3C(c4ccc(-c5ccccc5)cc4)NC(c4ccc5ccccc5c4-n4c5ccc(-n6c7ccccc7c7ccccc76)cc5c5cc6ccccc6cc54)N23)=C1. The second-order valence-corrected chi connectivity index (χ2v) is 17.6. The van der Waals surface area contributed by atoms with Crippen LogP contribution in [0.2, 0.25) is 0 Å². The Morgan fingerprint density at radius 1 is 0.438 bits per heavy atom. The van der Waals surface area contributed by atoms with Crippen molar-refractivity contribution in [1.82, 2.24) is 24.5 Å². The van der Waals surface area contributed by atoms with Crippen molar-refractivity contribution in [3.05, 3.63) is 229 Å². The Hall–Kier alpha value is -7.54. The second-order valence-electron chi connectivity index (χ2n) is 17.6. The van der Waals surface area contributed by atoms with Crippen molar-refractivity contribution < 1.29 is 0 Å². The molecule has 304 valence electrons. The molecule has 2 saturated heterocycles. The van der Waals surface area contributed by atoms with Crippen LogP contribution in [0.5, 0.6) is 0 Å². The number of allylic oxidation sites excluding steroid dienone is 3. The predicted molar refractivity (Wildman–Crippen MR) is 265 cm³/mol. The molecule has 1 aliphatic carbocycles. The summed E-state index contributed by atoms with van der Waals surface area (Å²) in [6.07, 6.45) is 9.20. The Kier molecular flexibility index (Phi) is 7.86. The highest BCUT2D eigenvalue weighted by Crippen LogP contribution is 2.54. The fraction of sp³-hybridized carbons (Fsp3) is 0.0847. The molecule has 2 fully saturated rings. The molecule has 3 aliphatic rings. The van der Waals surface area contributed by atoms with Gasteiger partial charge in [0.05, 0.1) is 27.8 Å². The summed E-state index contributed by atoms with van der Waals surface area (Å²) in [7, 11) is 0. The topological polar surface area (TPSA) is 27.9 Å². The maximum absolute atomic E-state index is 4.20. The number of benzene rings is 9. The fourth-order valence-corrected chi connectivity index (χ4v) is 11.2. The van der Waals surface area contributed by atoms with Crippen LogP contribution in [-0.4, -0.2) is 25.3 Å². The molecule has 64 heavy (non-hydrogen) atoms. The van der Waals surface area contributed by atoms with E-state index in [1.54, 1.807) is 0 Å². The van der Waals surface area contributed by atoms with Gasteiger partial charge in [0.1, 0.15) is 18.5 Å². The minimum absolute atomic E-state index is 0.0156. The van der Waals surface area contributed by atoms with Crippen molar-refractivity contribution in [3.63, 3.8) is 0 Å². The molecule has 9 aromatic carbocycles. The minimum Gasteiger partial charge on any atom is -0.309 e. The van der Waals surface area contributed by atoms with Crippen LogP contribution in [0.25, 0.3) is 87.7 Å². The largest absolute Gasteiger partial charge is 0.309 e. The third-order valence-corrected chi connectivity index (χ3v) is 14.2. The summed E-state index contributed by atoms with van der Waals surface area (Å²) in [6.45, 7) is 0. The highest BCUT2D eigenvalue weighted by Gasteiger charge is 2.61. The predicted octanol–water partition coefficient (Wildman–Crippen LogP) is 14.3. The van der Waals surface area contributed by atoms with Gasteiger partial charge in [0, 0.05) is 38.2 Å². The highest BCUT2D eigenvalue weighted by atomic mass is 15.9. The average molecular weight is 822 g/mol. The first-order chi connectivity index (χ1) is 31.8. The minimum atomic E-state index is -0.0694. The molecule has 5 unspecified atom stereocenters. The zero-order valence-electron chi connectivity index (χ0n) is 35.1. The van der Waals surface area contributed by atoms with Gasteiger partial charge in [-0.25, -0.2) is 0 Å². The molecule has 5 atom stereocenters. The zero-order chi connectivity index (χ0) is 41.9. The summed E-state index contributed by atoms with van der Waals surface area (Å²) in [6, 6.07) is 71.9. The number of nitrogens with zero attached hydrogens (tertiary/aromatic N) is 4. The van der Waals surface area contributed by atoms with E-state index in [1.807, 2.05) is 0 Å². The van der Waals surface area contributed by atoms with Crippen LogP contribution in [0.4, 0.5) is 0 Å². The van der Waals surface area contributed by atoms with Gasteiger partial charge in [-0.1, -0.05) is 170 Å². The highest BCUT2D eigenvalue weighted by molar-refractivity contribution is 6.16. The van der Waals surface area contributed by atoms with Crippen LogP contribution >= 0.6 is 0 Å². The lowest BCUT2D eigenvalue weighted by molar-refractivity contribution is 0.314. The lowest BCUT2D eigenvalue weighted by Gasteiger charge is -2.25. The number of nitrogens with one attached hydrogen (secondary N) is 1. The van der Waals surface area contributed by atoms with Crippen LogP contribution in [0.15, 0.2) is 218 Å². The molecular weight excluding hydrogens is 779 g/mol. The summed E-state index contributed by atoms with van der Waals surface area (Å²) in [5, 5.41) is 19.3. The maximum Gasteiger partial charge on any atom is 0.116 e. The van der Waals surface area contributed by atoms with E-state index in [1.165, 1.54) is 98.7 Å². The molecule has 5 heteroatoms. The Labute approximate surface area is 371 Å². The van der Waals surface area contributed by atoms with E-state index in [4.69, 9.17) is 0 Å². The first-order valence-electron chi connectivity index (χ1n) is 22.6. The molecule has 11 aromatic rings. The number of hydrogen-bond donors (Lipinski definition) is 1. The summed E-state index contributed by atoms with van der Waals surface area (Å²) < 4.78 is 5.02. The molecule has 2 aliphatic heterocycles.